The van der Waals surface area contributed by atoms with Gasteiger partial charge in [0.2, 0.25) is 0 Å². The van der Waals surface area contributed by atoms with Gasteiger partial charge in [-0.05, 0) is 43.0 Å². The fourth-order valence-corrected chi connectivity index (χ4v) is 3.67. The molecule has 0 radical (unpaired) electrons. The molecule has 0 N–H and O–H groups in total. The van der Waals surface area contributed by atoms with Crippen molar-refractivity contribution in [2.75, 3.05) is 26.7 Å². The average Bonchev–Trinajstić information content (AvgIpc) is 2.74. The predicted octanol–water partition coefficient (Wildman–Crippen LogP) is 4.12. The molecule has 2 aromatic carbocycles. The Morgan fingerprint density at radius 1 is 1.11 bits per heavy atom. The van der Waals surface area contributed by atoms with Crippen LogP contribution >= 0.6 is 0 Å². The molecule has 0 aromatic heterocycles. The van der Waals surface area contributed by atoms with Crippen LogP contribution in [0.15, 0.2) is 65.7 Å². The van der Waals surface area contributed by atoms with Gasteiger partial charge in [-0.15, -0.1) is 0 Å². The first-order chi connectivity index (χ1) is 13.3. The maximum Gasteiger partial charge on any atom is 0.307 e. The number of rotatable bonds is 7. The van der Waals surface area contributed by atoms with Crippen LogP contribution in [-0.4, -0.2) is 43.8 Å². The Labute approximate surface area is 161 Å². The van der Waals surface area contributed by atoms with Crippen molar-refractivity contribution in [3.8, 4) is 0 Å². The topological polar surface area (TPSA) is 41.9 Å². The summed E-state index contributed by atoms with van der Waals surface area (Å²) < 4.78 is 4.92. The lowest BCUT2D eigenvalue weighted by atomic mass is 9.93. The Hall–Kier alpha value is -2.46. The molecular weight excluding hydrogens is 336 g/mol. The van der Waals surface area contributed by atoms with E-state index in [2.05, 4.69) is 34.2 Å². The first-order valence-corrected chi connectivity index (χ1v) is 9.67. The second kappa shape index (κ2) is 10.0. The van der Waals surface area contributed by atoms with E-state index in [9.17, 15) is 4.79 Å². The lowest BCUT2D eigenvalue weighted by Gasteiger charge is -2.37. The van der Waals surface area contributed by atoms with Crippen molar-refractivity contribution < 1.29 is 9.53 Å². The van der Waals surface area contributed by atoms with E-state index in [0.717, 1.165) is 38.0 Å². The normalized spacial score (nSPS) is 17.1. The Morgan fingerprint density at radius 3 is 2.37 bits per heavy atom. The molecule has 142 valence electrons. The van der Waals surface area contributed by atoms with Crippen LogP contribution in [0.2, 0.25) is 0 Å². The largest absolute Gasteiger partial charge is 0.469 e. The van der Waals surface area contributed by atoms with Crippen LogP contribution < -0.4 is 0 Å². The Kier molecular flexibility index (Phi) is 7.17. The van der Waals surface area contributed by atoms with Gasteiger partial charge in [0.1, 0.15) is 0 Å². The third kappa shape index (κ3) is 5.76. The molecule has 0 saturated carbocycles. The number of benzene rings is 2. The van der Waals surface area contributed by atoms with Crippen molar-refractivity contribution in [3.63, 3.8) is 0 Å². The summed E-state index contributed by atoms with van der Waals surface area (Å²) in [4.78, 5) is 19.0. The molecule has 1 unspecified atom stereocenters. The van der Waals surface area contributed by atoms with Crippen molar-refractivity contribution in [2.24, 2.45) is 10.9 Å². The first kappa shape index (κ1) is 19.3. The molecule has 0 amide bonds. The molecule has 1 fully saturated rings. The Morgan fingerprint density at radius 2 is 1.74 bits per heavy atom. The summed E-state index contributed by atoms with van der Waals surface area (Å²) in [5.41, 5.74) is 2.33. The number of aliphatic imine (C=N–C) groups is 1. The fraction of sp³-hybridized carbons (Fsp3) is 0.391. The van der Waals surface area contributed by atoms with Crippen LogP contribution in [0.1, 0.15) is 36.4 Å². The number of methoxy groups -OCH3 is 1. The first-order valence-electron chi connectivity index (χ1n) is 9.67. The van der Waals surface area contributed by atoms with Crippen molar-refractivity contribution in [2.45, 2.75) is 25.3 Å². The van der Waals surface area contributed by atoms with E-state index in [1.54, 1.807) is 0 Å². The van der Waals surface area contributed by atoms with Gasteiger partial charge in [0.05, 0.1) is 13.5 Å². The van der Waals surface area contributed by atoms with Crippen molar-refractivity contribution in [3.05, 3.63) is 71.8 Å². The quantitative estimate of drug-likeness (QED) is 0.548. The Bertz CT molecular complexity index is 723. The molecule has 0 aliphatic carbocycles. The van der Waals surface area contributed by atoms with Gasteiger partial charge in [0, 0.05) is 18.8 Å². The second-order valence-electron chi connectivity index (χ2n) is 7.09. The van der Waals surface area contributed by atoms with Gasteiger partial charge in [-0.2, -0.15) is 0 Å². The Balaban J connectivity index is 1.55. The molecule has 2 aromatic rings. The van der Waals surface area contributed by atoms with E-state index in [0.29, 0.717) is 12.3 Å². The van der Waals surface area contributed by atoms with E-state index < -0.39 is 0 Å². The van der Waals surface area contributed by atoms with Crippen molar-refractivity contribution >= 4 is 12.2 Å². The van der Waals surface area contributed by atoms with E-state index >= 15 is 0 Å². The maximum atomic E-state index is 11.9. The van der Waals surface area contributed by atoms with E-state index in [4.69, 9.17) is 4.74 Å². The molecule has 3 rings (SSSR count). The summed E-state index contributed by atoms with van der Waals surface area (Å²) in [5.74, 6) is 0.453. The van der Waals surface area contributed by atoms with E-state index in [-0.39, 0.29) is 12.0 Å². The highest BCUT2D eigenvalue weighted by Gasteiger charge is 2.27. The third-order valence-electron chi connectivity index (χ3n) is 5.27. The van der Waals surface area contributed by atoms with Gasteiger partial charge < -0.3 is 4.74 Å². The van der Waals surface area contributed by atoms with Crippen LogP contribution in [0.25, 0.3) is 0 Å². The zero-order valence-electron chi connectivity index (χ0n) is 16.0. The molecule has 1 atom stereocenters. The van der Waals surface area contributed by atoms with E-state index in [1.807, 2.05) is 42.6 Å². The number of ether oxygens (including phenoxy) is 1. The molecule has 4 nitrogen and oxygen atoms in total. The zero-order valence-corrected chi connectivity index (χ0v) is 16.0. The minimum atomic E-state index is -0.154. The maximum absolute atomic E-state index is 11.9. The molecule has 1 aliphatic heterocycles. The van der Waals surface area contributed by atoms with Crippen LogP contribution in [-0.2, 0) is 9.53 Å². The molecule has 0 spiro atoms. The van der Waals surface area contributed by atoms with Gasteiger partial charge in [-0.25, -0.2) is 0 Å². The molecule has 1 heterocycles. The van der Waals surface area contributed by atoms with Gasteiger partial charge in [0.25, 0.3) is 0 Å². The van der Waals surface area contributed by atoms with Crippen LogP contribution in [0, 0.1) is 5.92 Å². The molecular formula is C23H28N2O2. The lowest BCUT2D eigenvalue weighted by molar-refractivity contribution is -0.142. The highest BCUT2D eigenvalue weighted by atomic mass is 16.5. The summed E-state index contributed by atoms with van der Waals surface area (Å²) in [6.45, 7) is 2.85. The summed E-state index contributed by atoms with van der Waals surface area (Å²) in [5, 5.41) is 0. The number of piperidine rings is 1. The summed E-state index contributed by atoms with van der Waals surface area (Å²) >= 11 is 0. The third-order valence-corrected chi connectivity index (χ3v) is 5.27. The predicted molar refractivity (Wildman–Crippen MR) is 109 cm³/mol. The van der Waals surface area contributed by atoms with Crippen molar-refractivity contribution in [1.82, 2.24) is 4.90 Å². The van der Waals surface area contributed by atoms with Crippen molar-refractivity contribution in [1.29, 1.82) is 0 Å². The number of carbonyl (C=O) groups excluding carboxylic acids is 1. The second-order valence-corrected chi connectivity index (χ2v) is 7.09. The molecule has 4 heteroatoms. The smallest absolute Gasteiger partial charge is 0.307 e. The van der Waals surface area contributed by atoms with Crippen LogP contribution in [0.4, 0.5) is 0 Å². The molecule has 0 bridgehead atoms. The van der Waals surface area contributed by atoms with E-state index in [1.165, 1.54) is 12.7 Å². The number of carbonyl (C=O) groups is 1. The number of likely N-dealkylation sites (tertiary alicyclic amines) is 1. The SMILES string of the molecule is COC(=O)CC(c1ccccc1)N1CCC(CN=Cc2ccccc2)CC1. The average molecular weight is 364 g/mol. The minimum absolute atomic E-state index is 0.0902. The number of hydrogen-bond acceptors (Lipinski definition) is 4. The zero-order chi connectivity index (χ0) is 18.9. The fourth-order valence-electron chi connectivity index (χ4n) is 3.67. The summed E-state index contributed by atoms with van der Waals surface area (Å²) in [7, 11) is 1.46. The highest BCUT2D eigenvalue weighted by Crippen LogP contribution is 2.29. The number of nitrogens with zero attached hydrogens (tertiary/aromatic N) is 2. The van der Waals surface area contributed by atoms with Gasteiger partial charge in [-0.3, -0.25) is 14.7 Å². The summed E-state index contributed by atoms with van der Waals surface area (Å²) in [6, 6.07) is 20.6. The highest BCUT2D eigenvalue weighted by molar-refractivity contribution is 5.79. The number of hydrogen-bond donors (Lipinski definition) is 0. The van der Waals surface area contributed by atoms with Gasteiger partial charge in [0.15, 0.2) is 0 Å². The number of esters is 1. The molecule has 1 saturated heterocycles. The molecule has 1 aliphatic rings. The molecule has 27 heavy (non-hydrogen) atoms. The van der Waals surface area contributed by atoms with Gasteiger partial charge >= 0.3 is 5.97 Å². The minimum Gasteiger partial charge on any atom is -0.469 e. The standard InChI is InChI=1S/C23H28N2O2/c1-27-23(26)16-22(21-10-6-3-7-11-21)25-14-12-20(13-15-25)18-24-17-19-8-4-2-5-9-19/h2-11,17,20,22H,12-16,18H2,1H3. The monoisotopic (exact) mass is 364 g/mol. The summed E-state index contributed by atoms with van der Waals surface area (Å²) in [6.07, 6.45) is 4.58. The lowest BCUT2D eigenvalue weighted by Crippen LogP contribution is -2.38. The van der Waals surface area contributed by atoms with Crippen LogP contribution in [0.5, 0.6) is 0 Å². The van der Waals surface area contributed by atoms with Gasteiger partial charge in [-0.1, -0.05) is 60.7 Å². The van der Waals surface area contributed by atoms with Crippen LogP contribution in [0.3, 0.4) is 0 Å².